The van der Waals surface area contributed by atoms with Crippen molar-refractivity contribution in [2.45, 2.75) is 36.5 Å². The van der Waals surface area contributed by atoms with Gasteiger partial charge in [0, 0.05) is 23.8 Å². The van der Waals surface area contributed by atoms with Gasteiger partial charge in [-0.05, 0) is 25.9 Å². The molecule has 1 atom stereocenters. The first kappa shape index (κ1) is 18.9. The van der Waals surface area contributed by atoms with Crippen molar-refractivity contribution in [2.75, 3.05) is 13.1 Å². The lowest BCUT2D eigenvalue weighted by Crippen LogP contribution is -2.30. The third-order valence-electron chi connectivity index (χ3n) is 2.50. The zero-order valence-corrected chi connectivity index (χ0v) is 12.6. The summed E-state index contributed by atoms with van der Waals surface area (Å²) in [4.78, 5) is 35.8. The van der Waals surface area contributed by atoms with Crippen LogP contribution >= 0.6 is 28.9 Å². The molecule has 0 saturated heterocycles. The average molecular weight is 323 g/mol. The third kappa shape index (κ3) is 6.37. The van der Waals surface area contributed by atoms with Crippen molar-refractivity contribution < 1.29 is 28.6 Å². The van der Waals surface area contributed by atoms with Crippen molar-refractivity contribution >= 4 is 28.9 Å². The van der Waals surface area contributed by atoms with E-state index in [4.69, 9.17) is 19.6 Å². The molecule has 0 spiro atoms. The fourth-order valence-electron chi connectivity index (χ4n) is 1.24. The minimum absolute atomic E-state index is 0.0861. The van der Waals surface area contributed by atoms with Crippen molar-refractivity contribution in [1.29, 1.82) is 0 Å². The molecule has 1 unspecified atom stereocenters. The Hall–Kier alpha value is 0.900. The molecule has 0 heterocycles. The number of hydrogen-bond donors (Lipinski definition) is 6. The molecule has 10 heteroatoms. The van der Waals surface area contributed by atoms with Crippen LogP contribution in [0.1, 0.15) is 26.2 Å². The summed E-state index contributed by atoms with van der Waals surface area (Å²) < 4.78 is 12.3. The normalized spacial score (nSPS) is 14.5. The van der Waals surface area contributed by atoms with Gasteiger partial charge in [-0.2, -0.15) is 3.89 Å². The van der Waals surface area contributed by atoms with E-state index in [0.29, 0.717) is 31.5 Å². The Morgan fingerprint density at radius 3 is 2.17 bits per heavy atom. The van der Waals surface area contributed by atoms with Crippen LogP contribution in [0.5, 0.6) is 0 Å². The number of halogens is 1. The predicted molar refractivity (Wildman–Crippen MR) is 72.5 cm³/mol. The molecule has 0 aliphatic carbocycles. The summed E-state index contributed by atoms with van der Waals surface area (Å²) in [7, 11) is -5.69. The largest absolute Gasteiger partial charge is 0.372 e. The molecule has 0 aliphatic heterocycles. The molecule has 18 heavy (non-hydrogen) atoms. The van der Waals surface area contributed by atoms with E-state index in [0.717, 1.165) is 0 Å². The fraction of sp³-hybridized carbons (Fsp3) is 1.00. The van der Waals surface area contributed by atoms with Crippen molar-refractivity contribution in [3.63, 3.8) is 0 Å². The quantitative estimate of drug-likeness (QED) is 0.262. The topological polar surface area (TPSA) is 113 Å². The molecule has 0 radical (unpaired) electrons. The molecule has 0 aromatic heterocycles. The minimum Gasteiger partial charge on any atom is -0.372 e. The lowest BCUT2D eigenvalue weighted by atomic mass is 10.2. The highest BCUT2D eigenvalue weighted by Gasteiger charge is 2.43. The Bertz CT molecular complexity index is 216. The van der Waals surface area contributed by atoms with E-state index in [1.807, 2.05) is 6.92 Å². The Labute approximate surface area is 113 Å². The third-order valence-corrected chi connectivity index (χ3v) is 6.12. The van der Waals surface area contributed by atoms with E-state index >= 15 is 0 Å². The highest BCUT2D eigenvalue weighted by molar-refractivity contribution is 7.94. The average Bonchev–Trinajstić information content (AvgIpc) is 2.32. The molecule has 6 nitrogen and oxygen atoms in total. The van der Waals surface area contributed by atoms with Crippen molar-refractivity contribution in [2.24, 2.45) is 0 Å². The highest BCUT2D eigenvalue weighted by atomic mass is 32.2. The van der Waals surface area contributed by atoms with Crippen LogP contribution in [0.3, 0.4) is 0 Å². The summed E-state index contributed by atoms with van der Waals surface area (Å²) >= 11 is 0.300. The van der Waals surface area contributed by atoms with Gasteiger partial charge in [0.05, 0.1) is 0 Å². The summed E-state index contributed by atoms with van der Waals surface area (Å²) in [5.41, 5.74) is 0. The first-order valence-electron chi connectivity index (χ1n) is 5.45. The van der Waals surface area contributed by atoms with Gasteiger partial charge in [0.1, 0.15) is 0 Å². The molecule has 6 N–H and O–H groups in total. The van der Waals surface area contributed by atoms with Crippen molar-refractivity contribution in [1.82, 2.24) is 5.32 Å². The van der Waals surface area contributed by atoms with Crippen LogP contribution in [0.2, 0.25) is 0 Å². The molecule has 0 aliphatic rings. The molecule has 0 fully saturated rings. The predicted octanol–water partition coefficient (Wildman–Crippen LogP) is 0.992. The molecule has 0 aromatic carbocycles. The summed E-state index contributed by atoms with van der Waals surface area (Å²) in [6.45, 7) is 2.57. The Morgan fingerprint density at radius 1 is 1.22 bits per heavy atom. The number of nitrogens with one attached hydrogen (secondary N) is 1. The lowest BCUT2D eigenvalue weighted by molar-refractivity contribution is 0.157. The molecule has 0 amide bonds. The van der Waals surface area contributed by atoms with Crippen LogP contribution in [0, 0.1) is 0 Å². The first-order chi connectivity index (χ1) is 8.38. The standard InChI is InChI=1S/C8H20FNO5P2S/c1-2-7(18-9)3-5-10-6-4-8(11,16(12)13)17(14)15/h7,10-15H,2-6H2,1H3. The number of rotatable bonds is 10. The Morgan fingerprint density at radius 2 is 1.78 bits per heavy atom. The van der Waals surface area contributed by atoms with Crippen LogP contribution in [-0.4, -0.2) is 48.1 Å². The highest BCUT2D eigenvalue weighted by Crippen LogP contribution is 2.59. The van der Waals surface area contributed by atoms with Gasteiger partial charge in [0.25, 0.3) is 0 Å². The fourth-order valence-corrected chi connectivity index (χ4v) is 2.83. The van der Waals surface area contributed by atoms with Gasteiger partial charge in [-0.1, -0.05) is 6.92 Å². The minimum atomic E-state index is -2.84. The van der Waals surface area contributed by atoms with Crippen LogP contribution in [0.15, 0.2) is 0 Å². The monoisotopic (exact) mass is 323 g/mol. The van der Waals surface area contributed by atoms with Crippen LogP contribution in [-0.2, 0) is 0 Å². The van der Waals surface area contributed by atoms with Crippen molar-refractivity contribution in [3.8, 4) is 0 Å². The van der Waals surface area contributed by atoms with Gasteiger partial charge in [0.2, 0.25) is 21.8 Å². The Balaban J connectivity index is 3.88. The molecule has 110 valence electrons. The van der Waals surface area contributed by atoms with Gasteiger partial charge in [-0.25, -0.2) is 0 Å². The first-order valence-corrected chi connectivity index (χ1v) is 8.72. The summed E-state index contributed by atoms with van der Waals surface area (Å²) in [5, 5.41) is 10.2. The van der Waals surface area contributed by atoms with E-state index in [1.54, 1.807) is 0 Å². The van der Waals surface area contributed by atoms with Crippen molar-refractivity contribution in [3.05, 3.63) is 0 Å². The van der Waals surface area contributed by atoms with Crippen LogP contribution < -0.4 is 5.32 Å². The van der Waals surface area contributed by atoms with Crippen LogP contribution in [0.4, 0.5) is 3.89 Å². The second kappa shape index (κ2) is 9.75. The van der Waals surface area contributed by atoms with E-state index in [-0.39, 0.29) is 18.2 Å². The second-order valence-electron chi connectivity index (χ2n) is 3.76. The Kier molecular flexibility index (Phi) is 10.2. The zero-order valence-electron chi connectivity index (χ0n) is 10.0. The van der Waals surface area contributed by atoms with E-state index in [2.05, 4.69) is 5.32 Å². The maximum Gasteiger partial charge on any atom is 0.209 e. The smallest absolute Gasteiger partial charge is 0.209 e. The maximum atomic E-state index is 12.3. The van der Waals surface area contributed by atoms with Gasteiger partial charge in [-0.3, -0.25) is 0 Å². The molecule has 0 aromatic rings. The van der Waals surface area contributed by atoms with Crippen LogP contribution in [0.25, 0.3) is 0 Å². The summed E-state index contributed by atoms with van der Waals surface area (Å²) in [6.07, 6.45) is 1.13. The molecular formula is C8H20FNO5P2S. The van der Waals surface area contributed by atoms with E-state index in [9.17, 15) is 8.99 Å². The zero-order chi connectivity index (χ0) is 14.2. The number of aliphatic hydroxyl groups is 1. The summed E-state index contributed by atoms with van der Waals surface area (Å²) in [5.74, 6) is 0. The molecule has 0 saturated carbocycles. The van der Waals surface area contributed by atoms with Gasteiger partial charge < -0.3 is 30.0 Å². The molecular weight excluding hydrogens is 303 g/mol. The SMILES string of the molecule is CCC(CCNCCC(O)(P(O)O)P(O)O)SF. The summed E-state index contributed by atoms with van der Waals surface area (Å²) in [6, 6.07) is 0. The number of hydrogen-bond acceptors (Lipinski definition) is 7. The molecule has 0 rings (SSSR count). The maximum absolute atomic E-state index is 12.3. The van der Waals surface area contributed by atoms with Gasteiger partial charge in [-0.15, -0.1) is 0 Å². The molecule has 0 bridgehead atoms. The lowest BCUT2D eigenvalue weighted by Gasteiger charge is -2.29. The van der Waals surface area contributed by atoms with E-state index < -0.39 is 21.8 Å². The van der Waals surface area contributed by atoms with Gasteiger partial charge in [0.15, 0.2) is 0 Å². The second-order valence-corrected chi connectivity index (χ2v) is 7.60. The van der Waals surface area contributed by atoms with E-state index in [1.165, 1.54) is 0 Å². The van der Waals surface area contributed by atoms with Gasteiger partial charge >= 0.3 is 0 Å².